The molecule has 0 heterocycles. The first-order valence-corrected chi connectivity index (χ1v) is 10.8. The molecule has 0 unspecified atom stereocenters. The summed E-state index contributed by atoms with van der Waals surface area (Å²) in [6, 6.07) is 13.6. The molecule has 6 heteroatoms. The van der Waals surface area contributed by atoms with Gasteiger partial charge in [-0.25, -0.2) is 0 Å². The molecule has 1 N–H and O–H groups in total. The molecule has 0 aliphatic rings. The van der Waals surface area contributed by atoms with E-state index in [9.17, 15) is 4.79 Å². The van der Waals surface area contributed by atoms with Gasteiger partial charge in [-0.1, -0.05) is 24.6 Å². The Morgan fingerprint density at radius 3 is 2.54 bits per heavy atom. The van der Waals surface area contributed by atoms with Crippen molar-refractivity contribution < 1.29 is 14.3 Å². The molecule has 2 rings (SSSR count). The largest absolute Gasteiger partial charge is 0.493 e. The van der Waals surface area contributed by atoms with E-state index in [2.05, 4.69) is 5.32 Å². The predicted octanol–water partition coefficient (Wildman–Crippen LogP) is 5.37. The Balaban J connectivity index is 1.80. The van der Waals surface area contributed by atoms with Crippen LogP contribution < -0.4 is 14.8 Å². The Bertz CT molecular complexity index is 752. The molecule has 0 radical (unpaired) electrons. The van der Waals surface area contributed by atoms with Gasteiger partial charge < -0.3 is 14.8 Å². The van der Waals surface area contributed by atoms with Crippen molar-refractivity contribution in [3.8, 4) is 11.5 Å². The molecule has 0 aromatic heterocycles. The SMILES string of the molecule is CCOc1ccc(CCCNC(=O)[C@H](CC)Sc2ccc(Cl)cc2)cc1OC. The van der Waals surface area contributed by atoms with Crippen LogP contribution in [0, 0.1) is 0 Å². The minimum atomic E-state index is -0.105. The molecule has 0 fully saturated rings. The number of amides is 1. The van der Waals surface area contributed by atoms with Gasteiger partial charge >= 0.3 is 0 Å². The van der Waals surface area contributed by atoms with Gasteiger partial charge in [0.15, 0.2) is 11.5 Å². The number of ether oxygens (including phenoxy) is 2. The van der Waals surface area contributed by atoms with Crippen LogP contribution in [-0.2, 0) is 11.2 Å². The van der Waals surface area contributed by atoms with Crippen LogP contribution in [0.1, 0.15) is 32.3 Å². The summed E-state index contributed by atoms with van der Waals surface area (Å²) >= 11 is 7.49. The number of carbonyl (C=O) groups is 1. The van der Waals surface area contributed by atoms with Crippen molar-refractivity contribution >= 4 is 29.3 Å². The van der Waals surface area contributed by atoms with Crippen molar-refractivity contribution in [2.45, 2.75) is 43.3 Å². The lowest BCUT2D eigenvalue weighted by Gasteiger charge is -2.15. The molecule has 1 atom stereocenters. The number of nitrogens with one attached hydrogen (secondary N) is 1. The molecule has 2 aromatic carbocycles. The minimum absolute atomic E-state index is 0.0757. The van der Waals surface area contributed by atoms with Gasteiger partial charge in [0.25, 0.3) is 0 Å². The van der Waals surface area contributed by atoms with E-state index in [4.69, 9.17) is 21.1 Å². The van der Waals surface area contributed by atoms with Crippen molar-refractivity contribution in [1.29, 1.82) is 0 Å². The number of carbonyl (C=O) groups excluding carboxylic acids is 1. The summed E-state index contributed by atoms with van der Waals surface area (Å²) in [5.74, 6) is 1.58. The first-order chi connectivity index (χ1) is 13.6. The van der Waals surface area contributed by atoms with E-state index in [1.54, 1.807) is 18.9 Å². The molecule has 0 saturated heterocycles. The molecule has 0 bridgehead atoms. The fraction of sp³-hybridized carbons (Fsp3) is 0.409. The van der Waals surface area contributed by atoms with Crippen molar-refractivity contribution in [3.63, 3.8) is 0 Å². The minimum Gasteiger partial charge on any atom is -0.493 e. The Kier molecular flexibility index (Phi) is 9.51. The van der Waals surface area contributed by atoms with E-state index < -0.39 is 0 Å². The Morgan fingerprint density at radius 2 is 1.89 bits per heavy atom. The highest BCUT2D eigenvalue weighted by Gasteiger charge is 2.17. The molecule has 1 amide bonds. The van der Waals surface area contributed by atoms with E-state index in [0.717, 1.165) is 41.2 Å². The number of rotatable bonds is 11. The topological polar surface area (TPSA) is 47.6 Å². The summed E-state index contributed by atoms with van der Waals surface area (Å²) in [6.45, 7) is 5.23. The highest BCUT2D eigenvalue weighted by atomic mass is 35.5. The molecule has 0 saturated carbocycles. The van der Waals surface area contributed by atoms with Gasteiger partial charge in [0.2, 0.25) is 5.91 Å². The molecule has 2 aromatic rings. The third-order valence-electron chi connectivity index (χ3n) is 4.22. The fourth-order valence-electron chi connectivity index (χ4n) is 2.76. The summed E-state index contributed by atoms with van der Waals surface area (Å²) < 4.78 is 10.9. The van der Waals surface area contributed by atoms with Crippen molar-refractivity contribution in [2.24, 2.45) is 0 Å². The maximum Gasteiger partial charge on any atom is 0.233 e. The molecule has 0 spiro atoms. The van der Waals surface area contributed by atoms with Crippen LogP contribution in [0.15, 0.2) is 47.4 Å². The number of benzene rings is 2. The Morgan fingerprint density at radius 1 is 1.14 bits per heavy atom. The molecular formula is C22H28ClNO3S. The monoisotopic (exact) mass is 421 g/mol. The lowest BCUT2D eigenvalue weighted by Crippen LogP contribution is -2.33. The van der Waals surface area contributed by atoms with Crippen LogP contribution in [-0.4, -0.2) is 31.4 Å². The van der Waals surface area contributed by atoms with Gasteiger partial charge in [0.1, 0.15) is 0 Å². The number of hydrogen-bond donors (Lipinski definition) is 1. The van der Waals surface area contributed by atoms with Crippen LogP contribution in [0.4, 0.5) is 0 Å². The average molecular weight is 422 g/mol. The van der Waals surface area contributed by atoms with Gasteiger partial charge in [0, 0.05) is 16.5 Å². The fourth-order valence-corrected chi connectivity index (χ4v) is 3.86. The molecule has 0 aliphatic carbocycles. The summed E-state index contributed by atoms with van der Waals surface area (Å²) in [5.41, 5.74) is 1.16. The summed E-state index contributed by atoms with van der Waals surface area (Å²) in [6.07, 6.45) is 2.50. The number of aryl methyl sites for hydroxylation is 1. The van der Waals surface area contributed by atoms with Crippen LogP contribution in [0.5, 0.6) is 11.5 Å². The van der Waals surface area contributed by atoms with Gasteiger partial charge in [0.05, 0.1) is 19.0 Å². The van der Waals surface area contributed by atoms with Crippen molar-refractivity contribution in [2.75, 3.05) is 20.3 Å². The first-order valence-electron chi connectivity index (χ1n) is 9.57. The maximum absolute atomic E-state index is 12.5. The third kappa shape index (κ3) is 6.95. The summed E-state index contributed by atoms with van der Waals surface area (Å²) in [5, 5.41) is 3.65. The normalized spacial score (nSPS) is 11.7. The van der Waals surface area contributed by atoms with Crippen molar-refractivity contribution in [1.82, 2.24) is 5.32 Å². The van der Waals surface area contributed by atoms with E-state index in [1.165, 1.54) is 0 Å². The lowest BCUT2D eigenvalue weighted by atomic mass is 10.1. The first kappa shape index (κ1) is 22.4. The van der Waals surface area contributed by atoms with E-state index in [-0.39, 0.29) is 11.2 Å². The Hall–Kier alpha value is -1.85. The smallest absolute Gasteiger partial charge is 0.233 e. The highest BCUT2D eigenvalue weighted by Crippen LogP contribution is 2.29. The van der Waals surface area contributed by atoms with Crippen LogP contribution in [0.2, 0.25) is 5.02 Å². The second-order valence-electron chi connectivity index (χ2n) is 6.28. The zero-order valence-electron chi connectivity index (χ0n) is 16.7. The predicted molar refractivity (Wildman–Crippen MR) is 117 cm³/mol. The molecule has 28 heavy (non-hydrogen) atoms. The number of halogens is 1. The van der Waals surface area contributed by atoms with Crippen molar-refractivity contribution in [3.05, 3.63) is 53.1 Å². The van der Waals surface area contributed by atoms with Crippen LogP contribution >= 0.6 is 23.4 Å². The van der Waals surface area contributed by atoms with Gasteiger partial charge in [-0.2, -0.15) is 0 Å². The number of hydrogen-bond acceptors (Lipinski definition) is 4. The summed E-state index contributed by atoms with van der Waals surface area (Å²) in [7, 11) is 1.64. The number of methoxy groups -OCH3 is 1. The lowest BCUT2D eigenvalue weighted by molar-refractivity contribution is -0.120. The average Bonchev–Trinajstić information content (AvgIpc) is 2.71. The van der Waals surface area contributed by atoms with E-state index in [1.807, 2.05) is 56.3 Å². The zero-order chi connectivity index (χ0) is 20.4. The molecule has 0 aliphatic heterocycles. The van der Waals surface area contributed by atoms with Crippen LogP contribution in [0.3, 0.4) is 0 Å². The summed E-state index contributed by atoms with van der Waals surface area (Å²) in [4.78, 5) is 13.5. The molecule has 4 nitrogen and oxygen atoms in total. The highest BCUT2D eigenvalue weighted by molar-refractivity contribution is 8.00. The van der Waals surface area contributed by atoms with E-state index >= 15 is 0 Å². The quantitative estimate of drug-likeness (QED) is 0.391. The van der Waals surface area contributed by atoms with Gasteiger partial charge in [-0.3, -0.25) is 4.79 Å². The molecular weight excluding hydrogens is 394 g/mol. The molecule has 152 valence electrons. The number of thioether (sulfide) groups is 1. The van der Waals surface area contributed by atoms with Gasteiger partial charge in [-0.15, -0.1) is 11.8 Å². The van der Waals surface area contributed by atoms with E-state index in [0.29, 0.717) is 18.2 Å². The Labute approximate surface area is 177 Å². The second kappa shape index (κ2) is 11.9. The standard InChI is InChI=1S/C22H28ClNO3S/c1-4-21(28-18-11-9-17(23)10-12-18)22(25)24-14-6-7-16-8-13-19(27-5-2)20(15-16)26-3/h8-13,15,21H,4-7,14H2,1-3H3,(H,24,25)/t21-/m0/s1. The zero-order valence-corrected chi connectivity index (χ0v) is 18.2. The second-order valence-corrected chi connectivity index (χ2v) is 7.99. The van der Waals surface area contributed by atoms with Gasteiger partial charge in [-0.05, 0) is 68.1 Å². The van der Waals surface area contributed by atoms with Crippen LogP contribution in [0.25, 0.3) is 0 Å². The maximum atomic E-state index is 12.5. The third-order valence-corrected chi connectivity index (χ3v) is 5.85.